The van der Waals surface area contributed by atoms with E-state index in [1.807, 2.05) is 24.3 Å². The summed E-state index contributed by atoms with van der Waals surface area (Å²) < 4.78 is 11.1. The van der Waals surface area contributed by atoms with E-state index in [0.29, 0.717) is 0 Å². The van der Waals surface area contributed by atoms with E-state index in [1.54, 1.807) is 13.8 Å². The van der Waals surface area contributed by atoms with Gasteiger partial charge in [0.15, 0.2) is 0 Å². The van der Waals surface area contributed by atoms with Crippen molar-refractivity contribution in [2.24, 2.45) is 5.92 Å². The molecule has 3 nitrogen and oxygen atoms in total. The van der Waals surface area contributed by atoms with Gasteiger partial charge in [-0.15, -0.1) is 0 Å². The Balaban J connectivity index is 1.79. The Morgan fingerprint density at radius 3 is 2.12 bits per heavy atom. The highest BCUT2D eigenvalue weighted by atomic mass is 16.5. The van der Waals surface area contributed by atoms with Crippen molar-refractivity contribution in [3.05, 3.63) is 24.3 Å². The molecule has 0 spiro atoms. The predicted octanol–water partition coefficient (Wildman–Crippen LogP) is 2.63. The zero-order valence-electron chi connectivity index (χ0n) is 10.5. The van der Waals surface area contributed by atoms with Crippen LogP contribution < -0.4 is 9.47 Å². The van der Waals surface area contributed by atoms with Crippen molar-refractivity contribution in [2.45, 2.75) is 32.3 Å². The summed E-state index contributed by atoms with van der Waals surface area (Å²) in [6.07, 6.45) is 2.60. The predicted molar refractivity (Wildman–Crippen MR) is 66.5 cm³/mol. The molecule has 0 aliphatic heterocycles. The fourth-order valence-corrected chi connectivity index (χ4v) is 1.39. The van der Waals surface area contributed by atoms with Crippen LogP contribution in [-0.4, -0.2) is 23.9 Å². The highest BCUT2D eigenvalue weighted by Gasteiger charge is 2.21. The van der Waals surface area contributed by atoms with Crippen LogP contribution in [0.4, 0.5) is 0 Å². The lowest BCUT2D eigenvalue weighted by Crippen LogP contribution is -2.27. The molecule has 0 atom stereocenters. The van der Waals surface area contributed by atoms with E-state index in [1.165, 1.54) is 12.8 Å². The molecule has 1 saturated carbocycles. The third kappa shape index (κ3) is 4.65. The minimum absolute atomic E-state index is 0.287. The zero-order chi connectivity index (χ0) is 12.3. The van der Waals surface area contributed by atoms with Gasteiger partial charge in [-0.25, -0.2) is 0 Å². The molecule has 1 aliphatic rings. The van der Waals surface area contributed by atoms with Crippen molar-refractivity contribution in [3.63, 3.8) is 0 Å². The van der Waals surface area contributed by atoms with Crippen LogP contribution in [0.3, 0.4) is 0 Å². The third-order valence-electron chi connectivity index (χ3n) is 2.60. The summed E-state index contributed by atoms with van der Waals surface area (Å²) in [5, 5.41) is 9.54. The molecule has 17 heavy (non-hydrogen) atoms. The molecular formula is C14H20O3. The minimum atomic E-state index is -0.804. The van der Waals surface area contributed by atoms with Crippen LogP contribution in [0.5, 0.6) is 11.5 Å². The van der Waals surface area contributed by atoms with Crippen molar-refractivity contribution in [3.8, 4) is 11.5 Å². The first-order chi connectivity index (χ1) is 8.03. The van der Waals surface area contributed by atoms with Gasteiger partial charge in [-0.3, -0.25) is 0 Å². The summed E-state index contributed by atoms with van der Waals surface area (Å²) in [7, 11) is 0. The molecule has 0 radical (unpaired) electrons. The van der Waals surface area contributed by atoms with Crippen LogP contribution in [0, 0.1) is 5.92 Å². The minimum Gasteiger partial charge on any atom is -0.493 e. The fourth-order valence-electron chi connectivity index (χ4n) is 1.39. The van der Waals surface area contributed by atoms with Gasteiger partial charge >= 0.3 is 0 Å². The molecule has 3 heteroatoms. The van der Waals surface area contributed by atoms with Crippen molar-refractivity contribution < 1.29 is 14.6 Å². The first kappa shape index (κ1) is 12.2. The lowest BCUT2D eigenvalue weighted by molar-refractivity contribution is 0.0285. The van der Waals surface area contributed by atoms with Crippen LogP contribution in [0.1, 0.15) is 26.7 Å². The Hall–Kier alpha value is -1.22. The Morgan fingerprint density at radius 2 is 1.65 bits per heavy atom. The van der Waals surface area contributed by atoms with E-state index in [2.05, 4.69) is 0 Å². The lowest BCUT2D eigenvalue weighted by atomic mass is 10.2. The molecule has 94 valence electrons. The molecule has 1 aliphatic carbocycles. The molecule has 1 aromatic carbocycles. The number of ether oxygens (including phenoxy) is 2. The fraction of sp³-hybridized carbons (Fsp3) is 0.571. The molecular weight excluding hydrogens is 216 g/mol. The summed E-state index contributed by atoms with van der Waals surface area (Å²) in [5.41, 5.74) is -0.804. The molecule has 0 heterocycles. The maximum atomic E-state index is 9.54. The van der Waals surface area contributed by atoms with Gasteiger partial charge in [0.05, 0.1) is 12.2 Å². The number of benzene rings is 1. The highest BCUT2D eigenvalue weighted by molar-refractivity contribution is 5.31. The standard InChI is InChI=1S/C14H20O3/c1-14(2,15)10-17-13-7-5-12(6-8-13)16-9-11-3-4-11/h5-8,11,15H,3-4,9-10H2,1-2H3. The second-order valence-electron chi connectivity index (χ2n) is 5.33. The Kier molecular flexibility index (Phi) is 3.57. The molecule has 1 aromatic rings. The van der Waals surface area contributed by atoms with Crippen molar-refractivity contribution in [1.82, 2.24) is 0 Å². The SMILES string of the molecule is CC(C)(O)COc1ccc(OCC2CC2)cc1. The van der Waals surface area contributed by atoms with E-state index in [-0.39, 0.29) is 6.61 Å². The molecule has 0 aromatic heterocycles. The molecule has 0 unspecified atom stereocenters. The highest BCUT2D eigenvalue weighted by Crippen LogP contribution is 2.29. The monoisotopic (exact) mass is 236 g/mol. The van der Waals surface area contributed by atoms with Crippen LogP contribution in [-0.2, 0) is 0 Å². The number of rotatable bonds is 6. The zero-order valence-corrected chi connectivity index (χ0v) is 10.5. The van der Waals surface area contributed by atoms with Gasteiger partial charge in [0.25, 0.3) is 0 Å². The Labute approximate surface area is 102 Å². The van der Waals surface area contributed by atoms with Crippen LogP contribution in [0.25, 0.3) is 0 Å². The van der Waals surface area contributed by atoms with E-state index < -0.39 is 5.60 Å². The number of hydrogen-bond donors (Lipinski definition) is 1. The molecule has 0 amide bonds. The van der Waals surface area contributed by atoms with Crippen LogP contribution >= 0.6 is 0 Å². The summed E-state index contributed by atoms with van der Waals surface area (Å²) in [4.78, 5) is 0. The maximum absolute atomic E-state index is 9.54. The molecule has 1 N–H and O–H groups in total. The van der Waals surface area contributed by atoms with Gasteiger partial charge in [-0.05, 0) is 56.9 Å². The van der Waals surface area contributed by atoms with E-state index >= 15 is 0 Å². The average Bonchev–Trinajstić information content (AvgIpc) is 3.08. The first-order valence-electron chi connectivity index (χ1n) is 6.11. The largest absolute Gasteiger partial charge is 0.493 e. The van der Waals surface area contributed by atoms with Crippen molar-refractivity contribution in [1.29, 1.82) is 0 Å². The smallest absolute Gasteiger partial charge is 0.119 e. The second kappa shape index (κ2) is 4.96. The van der Waals surface area contributed by atoms with E-state index in [9.17, 15) is 5.11 Å². The van der Waals surface area contributed by atoms with Gasteiger partial charge in [-0.2, -0.15) is 0 Å². The molecule has 2 rings (SSSR count). The summed E-state index contributed by atoms with van der Waals surface area (Å²) in [6.45, 7) is 4.55. The van der Waals surface area contributed by atoms with Gasteiger partial charge in [0.1, 0.15) is 18.1 Å². The Bertz CT molecular complexity index is 347. The van der Waals surface area contributed by atoms with Crippen LogP contribution in [0.15, 0.2) is 24.3 Å². The van der Waals surface area contributed by atoms with Gasteiger partial charge < -0.3 is 14.6 Å². The summed E-state index contributed by atoms with van der Waals surface area (Å²) in [5.74, 6) is 2.40. The van der Waals surface area contributed by atoms with Crippen molar-refractivity contribution >= 4 is 0 Å². The topological polar surface area (TPSA) is 38.7 Å². The normalized spacial score (nSPS) is 15.7. The van der Waals surface area contributed by atoms with Gasteiger partial charge in [0.2, 0.25) is 0 Å². The summed E-state index contributed by atoms with van der Waals surface area (Å²) >= 11 is 0. The number of hydrogen-bond acceptors (Lipinski definition) is 3. The van der Waals surface area contributed by atoms with Crippen molar-refractivity contribution in [2.75, 3.05) is 13.2 Å². The van der Waals surface area contributed by atoms with Gasteiger partial charge in [-0.1, -0.05) is 0 Å². The third-order valence-corrected chi connectivity index (χ3v) is 2.60. The first-order valence-corrected chi connectivity index (χ1v) is 6.11. The Morgan fingerprint density at radius 1 is 1.12 bits per heavy atom. The second-order valence-corrected chi connectivity index (χ2v) is 5.33. The molecule has 1 fully saturated rings. The van der Waals surface area contributed by atoms with E-state index in [0.717, 1.165) is 24.0 Å². The maximum Gasteiger partial charge on any atom is 0.119 e. The lowest BCUT2D eigenvalue weighted by Gasteiger charge is -2.17. The number of aliphatic hydroxyl groups is 1. The van der Waals surface area contributed by atoms with Crippen LogP contribution in [0.2, 0.25) is 0 Å². The molecule has 0 bridgehead atoms. The molecule has 0 saturated heterocycles. The summed E-state index contributed by atoms with van der Waals surface area (Å²) in [6, 6.07) is 7.55. The van der Waals surface area contributed by atoms with E-state index in [4.69, 9.17) is 9.47 Å². The van der Waals surface area contributed by atoms with Gasteiger partial charge in [0, 0.05) is 0 Å². The quantitative estimate of drug-likeness (QED) is 0.825. The average molecular weight is 236 g/mol.